The van der Waals surface area contributed by atoms with Crippen LogP contribution in [0.5, 0.6) is 0 Å². The van der Waals surface area contributed by atoms with Crippen LogP contribution in [0, 0.1) is 22.0 Å². The van der Waals surface area contributed by atoms with E-state index in [1.54, 1.807) is 13.1 Å². The Hall–Kier alpha value is -1.82. The Bertz CT molecular complexity index is 479. The summed E-state index contributed by atoms with van der Waals surface area (Å²) in [6, 6.07) is 4.91. The van der Waals surface area contributed by atoms with E-state index in [0.717, 1.165) is 31.5 Å². The summed E-state index contributed by atoms with van der Waals surface area (Å²) in [7, 11) is 1.74. The third-order valence-corrected chi connectivity index (χ3v) is 4.04. The maximum atomic E-state index is 10.9. The first-order valence-corrected chi connectivity index (χ1v) is 6.96. The lowest BCUT2D eigenvalue weighted by Gasteiger charge is -2.18. The SMILES string of the molecule is CNc1cc(NCC2CCCC2CO)cc([N+](=O)[O-])c1. The van der Waals surface area contributed by atoms with Crippen molar-refractivity contribution in [2.75, 3.05) is 30.8 Å². The lowest BCUT2D eigenvalue weighted by Crippen LogP contribution is -2.20. The predicted octanol–water partition coefficient (Wildman–Crippen LogP) is 2.46. The molecule has 2 unspecified atom stereocenters. The van der Waals surface area contributed by atoms with Crippen LogP contribution in [0.25, 0.3) is 0 Å². The van der Waals surface area contributed by atoms with Crippen molar-refractivity contribution in [3.8, 4) is 0 Å². The Balaban J connectivity index is 2.05. The predicted molar refractivity (Wildman–Crippen MR) is 79.0 cm³/mol. The molecule has 2 rings (SSSR count). The van der Waals surface area contributed by atoms with Gasteiger partial charge in [-0.15, -0.1) is 0 Å². The largest absolute Gasteiger partial charge is 0.396 e. The molecule has 110 valence electrons. The molecule has 0 aliphatic heterocycles. The Morgan fingerprint density at radius 2 is 2.00 bits per heavy atom. The van der Waals surface area contributed by atoms with E-state index in [1.165, 1.54) is 6.07 Å². The normalized spacial score (nSPS) is 21.7. The van der Waals surface area contributed by atoms with E-state index in [2.05, 4.69) is 10.6 Å². The first-order valence-electron chi connectivity index (χ1n) is 6.96. The Kier molecular flexibility index (Phi) is 4.79. The molecule has 0 aromatic heterocycles. The number of hydrogen-bond acceptors (Lipinski definition) is 5. The second-order valence-corrected chi connectivity index (χ2v) is 5.29. The molecule has 2 atom stereocenters. The number of nitro groups is 1. The summed E-state index contributed by atoms with van der Waals surface area (Å²) in [5, 5.41) is 26.4. The van der Waals surface area contributed by atoms with Crippen LogP contribution >= 0.6 is 0 Å². The van der Waals surface area contributed by atoms with Crippen LogP contribution in [0.3, 0.4) is 0 Å². The summed E-state index contributed by atoms with van der Waals surface area (Å²) in [5.74, 6) is 0.794. The fourth-order valence-corrected chi connectivity index (χ4v) is 2.83. The van der Waals surface area contributed by atoms with Crippen molar-refractivity contribution < 1.29 is 10.0 Å². The molecule has 1 saturated carbocycles. The number of rotatable bonds is 6. The molecule has 6 heteroatoms. The van der Waals surface area contributed by atoms with E-state index in [1.807, 2.05) is 6.07 Å². The minimum absolute atomic E-state index is 0.0736. The summed E-state index contributed by atoms with van der Waals surface area (Å²) in [6.07, 6.45) is 3.32. The van der Waals surface area contributed by atoms with E-state index in [-0.39, 0.29) is 12.3 Å². The smallest absolute Gasteiger partial charge is 0.273 e. The maximum absolute atomic E-state index is 10.9. The monoisotopic (exact) mass is 279 g/mol. The van der Waals surface area contributed by atoms with Crippen LogP contribution in [-0.4, -0.2) is 30.2 Å². The number of anilines is 2. The van der Waals surface area contributed by atoms with Gasteiger partial charge < -0.3 is 15.7 Å². The molecule has 1 aliphatic rings. The van der Waals surface area contributed by atoms with E-state index in [4.69, 9.17) is 0 Å². The number of nitro benzene ring substituents is 1. The quantitative estimate of drug-likeness (QED) is 0.550. The standard InChI is InChI=1S/C14H21N3O3/c1-15-12-5-13(7-14(6-12)17(19)20)16-8-10-3-2-4-11(10)9-18/h5-7,10-11,15-16,18H,2-4,8-9H2,1H3. The van der Waals surface area contributed by atoms with Crippen molar-refractivity contribution in [1.82, 2.24) is 0 Å². The zero-order valence-electron chi connectivity index (χ0n) is 11.6. The number of benzene rings is 1. The highest BCUT2D eigenvalue weighted by molar-refractivity contribution is 5.63. The summed E-state index contributed by atoms with van der Waals surface area (Å²) < 4.78 is 0. The summed E-state index contributed by atoms with van der Waals surface area (Å²) >= 11 is 0. The lowest BCUT2D eigenvalue weighted by molar-refractivity contribution is -0.384. The van der Waals surface area contributed by atoms with Gasteiger partial charge in [-0.3, -0.25) is 10.1 Å². The van der Waals surface area contributed by atoms with Crippen LogP contribution < -0.4 is 10.6 Å². The van der Waals surface area contributed by atoms with Crippen LogP contribution in [0.15, 0.2) is 18.2 Å². The summed E-state index contributed by atoms with van der Waals surface area (Å²) in [6.45, 7) is 0.971. The second-order valence-electron chi connectivity index (χ2n) is 5.29. The zero-order chi connectivity index (χ0) is 14.5. The molecule has 1 aliphatic carbocycles. The molecule has 0 radical (unpaired) electrons. The average molecular weight is 279 g/mol. The third kappa shape index (κ3) is 3.39. The van der Waals surface area contributed by atoms with Crippen molar-refractivity contribution in [2.45, 2.75) is 19.3 Å². The van der Waals surface area contributed by atoms with Crippen LogP contribution in [0.2, 0.25) is 0 Å². The van der Waals surface area contributed by atoms with Gasteiger partial charge in [0.25, 0.3) is 5.69 Å². The van der Waals surface area contributed by atoms with Gasteiger partial charge in [0, 0.05) is 43.7 Å². The summed E-state index contributed by atoms with van der Waals surface area (Å²) in [4.78, 5) is 10.5. The van der Waals surface area contributed by atoms with Gasteiger partial charge in [0.1, 0.15) is 0 Å². The molecule has 6 nitrogen and oxygen atoms in total. The minimum atomic E-state index is -0.391. The van der Waals surface area contributed by atoms with Gasteiger partial charge in [0.15, 0.2) is 0 Å². The second kappa shape index (κ2) is 6.56. The topological polar surface area (TPSA) is 87.4 Å². The van der Waals surface area contributed by atoms with Gasteiger partial charge in [0.05, 0.1) is 4.92 Å². The molecule has 0 heterocycles. The van der Waals surface area contributed by atoms with Crippen LogP contribution in [0.1, 0.15) is 19.3 Å². The van der Waals surface area contributed by atoms with Crippen molar-refractivity contribution >= 4 is 17.1 Å². The molecule has 0 amide bonds. The first-order chi connectivity index (χ1) is 9.63. The van der Waals surface area contributed by atoms with Crippen molar-refractivity contribution in [3.63, 3.8) is 0 Å². The molecule has 1 aromatic rings. The lowest BCUT2D eigenvalue weighted by atomic mass is 9.97. The number of aliphatic hydroxyl groups is 1. The first kappa shape index (κ1) is 14.6. The highest BCUT2D eigenvalue weighted by atomic mass is 16.6. The molecule has 0 saturated heterocycles. The van der Waals surface area contributed by atoms with Crippen LogP contribution in [0.4, 0.5) is 17.1 Å². The van der Waals surface area contributed by atoms with E-state index < -0.39 is 4.92 Å². The van der Waals surface area contributed by atoms with Gasteiger partial charge in [-0.25, -0.2) is 0 Å². The number of hydrogen-bond donors (Lipinski definition) is 3. The average Bonchev–Trinajstić information content (AvgIpc) is 2.92. The third-order valence-electron chi connectivity index (χ3n) is 4.04. The summed E-state index contributed by atoms with van der Waals surface area (Å²) in [5.41, 5.74) is 1.53. The van der Waals surface area contributed by atoms with Gasteiger partial charge in [-0.2, -0.15) is 0 Å². The molecule has 3 N–H and O–H groups in total. The van der Waals surface area contributed by atoms with Crippen molar-refractivity contribution in [2.24, 2.45) is 11.8 Å². The minimum Gasteiger partial charge on any atom is -0.396 e. The maximum Gasteiger partial charge on any atom is 0.273 e. The zero-order valence-corrected chi connectivity index (χ0v) is 11.6. The number of aliphatic hydroxyl groups excluding tert-OH is 1. The Morgan fingerprint density at radius 3 is 2.65 bits per heavy atom. The van der Waals surface area contributed by atoms with Gasteiger partial charge in [-0.1, -0.05) is 6.42 Å². The number of nitrogens with zero attached hydrogens (tertiary/aromatic N) is 1. The van der Waals surface area contributed by atoms with Gasteiger partial charge in [0.2, 0.25) is 0 Å². The highest BCUT2D eigenvalue weighted by Crippen LogP contribution is 2.32. The molecule has 20 heavy (non-hydrogen) atoms. The van der Waals surface area contributed by atoms with E-state index in [9.17, 15) is 15.2 Å². The Labute approximate surface area is 118 Å². The number of nitrogens with one attached hydrogen (secondary N) is 2. The van der Waals surface area contributed by atoms with E-state index >= 15 is 0 Å². The molecule has 1 aromatic carbocycles. The molecule has 0 spiro atoms. The van der Waals surface area contributed by atoms with E-state index in [0.29, 0.717) is 17.5 Å². The molecule has 0 bridgehead atoms. The van der Waals surface area contributed by atoms with Crippen molar-refractivity contribution in [1.29, 1.82) is 0 Å². The molecule has 1 fully saturated rings. The Morgan fingerprint density at radius 1 is 1.30 bits per heavy atom. The fraction of sp³-hybridized carbons (Fsp3) is 0.571. The van der Waals surface area contributed by atoms with Crippen molar-refractivity contribution in [3.05, 3.63) is 28.3 Å². The number of non-ortho nitro benzene ring substituents is 1. The highest BCUT2D eigenvalue weighted by Gasteiger charge is 2.26. The fourth-order valence-electron chi connectivity index (χ4n) is 2.83. The van der Waals surface area contributed by atoms with Gasteiger partial charge in [-0.05, 0) is 30.7 Å². The molecular weight excluding hydrogens is 258 g/mol. The molecular formula is C14H21N3O3. The van der Waals surface area contributed by atoms with Gasteiger partial charge >= 0.3 is 0 Å². The van der Waals surface area contributed by atoms with Crippen LogP contribution in [-0.2, 0) is 0 Å².